The van der Waals surface area contributed by atoms with E-state index in [1.54, 1.807) is 11.8 Å². The molecule has 0 fully saturated rings. The fourth-order valence-electron chi connectivity index (χ4n) is 3.05. The minimum Gasteiger partial charge on any atom is -0.356 e. The normalized spacial score (nSPS) is 13.8. The molecule has 0 atom stereocenters. The average Bonchev–Trinajstić information content (AvgIpc) is 2.85. The monoisotopic (exact) mass is 405 g/mol. The van der Waals surface area contributed by atoms with Crippen molar-refractivity contribution >= 4 is 23.4 Å². The summed E-state index contributed by atoms with van der Waals surface area (Å²) in [5.41, 5.74) is 4.90. The third kappa shape index (κ3) is 5.45. The highest BCUT2D eigenvalue weighted by Crippen LogP contribution is 2.37. The minimum absolute atomic E-state index is 0.0558. The molecule has 150 valence electrons. The summed E-state index contributed by atoms with van der Waals surface area (Å²) in [7, 11) is 0. The number of unbranched alkanes of at least 4 members (excludes halogenated alkanes) is 1. The number of pyridine rings is 1. The Morgan fingerprint density at radius 1 is 1.17 bits per heavy atom. The molecule has 1 aliphatic heterocycles. The number of fused-ring (bicyclic) bond motifs is 1. The van der Waals surface area contributed by atoms with Gasteiger partial charge in [-0.15, -0.1) is 0 Å². The second-order valence-electron chi connectivity index (χ2n) is 6.99. The van der Waals surface area contributed by atoms with Gasteiger partial charge in [0.05, 0.1) is 17.1 Å². The van der Waals surface area contributed by atoms with E-state index in [1.807, 2.05) is 43.5 Å². The molecule has 3 rings (SSSR count). The van der Waals surface area contributed by atoms with Gasteiger partial charge in [0, 0.05) is 34.5 Å². The standard InChI is InChI=1S/C24H27N3OS/c1-4-5-15-25-22(28)14-8-13-20-18(3)27-24(23-17(2)10-9-16-26-23)19-11-6-7-12-21(19)29-20/h6-13,16H,4-5,14-15H2,1-3H3,(H,25,28)/b13-8-. The molecule has 4 nitrogen and oxygen atoms in total. The molecule has 29 heavy (non-hydrogen) atoms. The predicted molar refractivity (Wildman–Crippen MR) is 121 cm³/mol. The van der Waals surface area contributed by atoms with E-state index in [-0.39, 0.29) is 5.91 Å². The third-order valence-corrected chi connectivity index (χ3v) is 5.88. The number of carbonyl (C=O) groups is 1. The van der Waals surface area contributed by atoms with Crippen LogP contribution in [0.3, 0.4) is 0 Å². The van der Waals surface area contributed by atoms with E-state index in [0.29, 0.717) is 6.42 Å². The lowest BCUT2D eigenvalue weighted by Gasteiger charge is -2.10. The summed E-state index contributed by atoms with van der Waals surface area (Å²) in [6, 6.07) is 12.3. The van der Waals surface area contributed by atoms with Gasteiger partial charge in [-0.05, 0) is 44.0 Å². The number of aryl methyl sites for hydroxylation is 1. The highest BCUT2D eigenvalue weighted by atomic mass is 32.2. The average molecular weight is 406 g/mol. The van der Waals surface area contributed by atoms with E-state index in [4.69, 9.17) is 4.99 Å². The van der Waals surface area contributed by atoms with Crippen LogP contribution in [0.1, 0.15) is 49.9 Å². The largest absolute Gasteiger partial charge is 0.356 e. The van der Waals surface area contributed by atoms with Crippen molar-refractivity contribution in [1.82, 2.24) is 10.3 Å². The molecule has 0 aliphatic carbocycles. The van der Waals surface area contributed by atoms with Gasteiger partial charge in [-0.3, -0.25) is 9.78 Å². The van der Waals surface area contributed by atoms with Crippen LogP contribution in [-0.4, -0.2) is 23.1 Å². The fraction of sp³-hybridized carbons (Fsp3) is 0.292. The highest BCUT2D eigenvalue weighted by Gasteiger charge is 2.19. The Hall–Kier alpha value is -2.66. The number of thioether (sulfide) groups is 1. The first-order chi connectivity index (χ1) is 14.1. The zero-order valence-electron chi connectivity index (χ0n) is 17.2. The van der Waals surface area contributed by atoms with Gasteiger partial charge in [0.1, 0.15) is 0 Å². The van der Waals surface area contributed by atoms with Crippen LogP contribution < -0.4 is 5.32 Å². The van der Waals surface area contributed by atoms with Crippen LogP contribution >= 0.6 is 11.8 Å². The molecule has 0 saturated carbocycles. The zero-order chi connectivity index (χ0) is 20.6. The lowest BCUT2D eigenvalue weighted by Crippen LogP contribution is -2.23. The van der Waals surface area contributed by atoms with Gasteiger partial charge in [0.15, 0.2) is 0 Å². The number of hydrogen-bond acceptors (Lipinski definition) is 4. The molecule has 0 unspecified atom stereocenters. The van der Waals surface area contributed by atoms with Gasteiger partial charge < -0.3 is 5.32 Å². The summed E-state index contributed by atoms with van der Waals surface area (Å²) >= 11 is 1.68. The minimum atomic E-state index is 0.0558. The molecule has 0 saturated heterocycles. The molecule has 0 spiro atoms. The maximum atomic E-state index is 12.0. The van der Waals surface area contributed by atoms with Crippen LogP contribution in [0, 0.1) is 6.92 Å². The number of aliphatic imine (C=N–C) groups is 1. The first kappa shape index (κ1) is 21.1. The number of allylic oxidation sites excluding steroid dienone is 2. The number of benzene rings is 1. The number of nitrogens with zero attached hydrogens (tertiary/aromatic N) is 2. The molecule has 5 heteroatoms. The first-order valence-corrected chi connectivity index (χ1v) is 10.8. The van der Waals surface area contributed by atoms with Gasteiger partial charge in [-0.25, -0.2) is 4.99 Å². The van der Waals surface area contributed by atoms with Crippen molar-refractivity contribution in [3.63, 3.8) is 0 Å². The molecule has 1 aromatic heterocycles. The molecule has 1 N–H and O–H groups in total. The Balaban J connectivity index is 1.88. The van der Waals surface area contributed by atoms with E-state index >= 15 is 0 Å². The highest BCUT2D eigenvalue weighted by molar-refractivity contribution is 8.03. The smallest absolute Gasteiger partial charge is 0.223 e. The molecule has 2 heterocycles. The van der Waals surface area contributed by atoms with Crippen LogP contribution in [0.4, 0.5) is 0 Å². The van der Waals surface area contributed by atoms with E-state index in [0.717, 1.165) is 57.4 Å². The lowest BCUT2D eigenvalue weighted by molar-refractivity contribution is -0.120. The number of hydrogen-bond donors (Lipinski definition) is 1. The second kappa shape index (κ2) is 10.2. The van der Waals surface area contributed by atoms with Gasteiger partial charge in [0.25, 0.3) is 0 Å². The number of nitrogens with one attached hydrogen (secondary N) is 1. The quantitative estimate of drug-likeness (QED) is 0.625. The summed E-state index contributed by atoms with van der Waals surface area (Å²) in [5.74, 6) is 0.0558. The Morgan fingerprint density at radius 3 is 2.79 bits per heavy atom. The van der Waals surface area contributed by atoms with E-state index in [1.165, 1.54) is 0 Å². The van der Waals surface area contributed by atoms with E-state index < -0.39 is 0 Å². The van der Waals surface area contributed by atoms with Gasteiger partial charge in [0.2, 0.25) is 5.91 Å². The molecule has 0 radical (unpaired) electrons. The topological polar surface area (TPSA) is 54.4 Å². The molecular weight excluding hydrogens is 378 g/mol. The Morgan fingerprint density at radius 2 is 2.00 bits per heavy atom. The Kier molecular flexibility index (Phi) is 7.42. The van der Waals surface area contributed by atoms with Gasteiger partial charge >= 0.3 is 0 Å². The van der Waals surface area contributed by atoms with Crippen LogP contribution in [0.5, 0.6) is 0 Å². The summed E-state index contributed by atoms with van der Waals surface area (Å²) in [5, 5.41) is 2.95. The molecule has 1 amide bonds. The van der Waals surface area contributed by atoms with Crippen molar-refractivity contribution in [2.45, 2.75) is 44.9 Å². The van der Waals surface area contributed by atoms with Gasteiger partial charge in [-0.2, -0.15) is 0 Å². The predicted octanol–water partition coefficient (Wildman–Crippen LogP) is 5.43. The number of carbonyl (C=O) groups excluding carboxylic acids is 1. The van der Waals surface area contributed by atoms with E-state index in [2.05, 4.69) is 42.3 Å². The van der Waals surface area contributed by atoms with Crippen molar-refractivity contribution in [3.8, 4) is 0 Å². The van der Waals surface area contributed by atoms with E-state index in [9.17, 15) is 4.79 Å². The van der Waals surface area contributed by atoms with Crippen LogP contribution in [-0.2, 0) is 4.79 Å². The Bertz CT molecular complexity index is 976. The molecule has 1 aromatic carbocycles. The maximum absolute atomic E-state index is 12.0. The van der Waals surface area contributed by atoms with Crippen molar-refractivity contribution < 1.29 is 4.79 Å². The molecule has 1 aliphatic rings. The Labute approximate surface area is 177 Å². The molecule has 0 bridgehead atoms. The number of amides is 1. The first-order valence-electron chi connectivity index (χ1n) is 10.0. The van der Waals surface area contributed by atoms with Crippen molar-refractivity contribution in [1.29, 1.82) is 0 Å². The van der Waals surface area contributed by atoms with Crippen LogP contribution in [0.2, 0.25) is 0 Å². The zero-order valence-corrected chi connectivity index (χ0v) is 18.1. The number of rotatable bonds is 7. The molecule has 2 aromatic rings. The van der Waals surface area contributed by atoms with Crippen molar-refractivity contribution in [2.24, 2.45) is 4.99 Å². The third-order valence-electron chi connectivity index (χ3n) is 4.66. The van der Waals surface area contributed by atoms with Crippen LogP contribution in [0.25, 0.3) is 0 Å². The number of aromatic nitrogens is 1. The van der Waals surface area contributed by atoms with Crippen molar-refractivity contribution in [2.75, 3.05) is 6.54 Å². The summed E-state index contributed by atoms with van der Waals surface area (Å²) in [4.78, 5) is 23.7. The maximum Gasteiger partial charge on any atom is 0.223 e. The fourth-order valence-corrected chi connectivity index (χ4v) is 4.06. The van der Waals surface area contributed by atoms with Gasteiger partial charge in [-0.1, -0.05) is 55.4 Å². The lowest BCUT2D eigenvalue weighted by atomic mass is 10.0. The second-order valence-corrected chi connectivity index (χ2v) is 8.07. The SMILES string of the molecule is CCCCNC(=O)C/C=C\C1=C(C)N=C(c2ncccc2C)c2ccccc2S1. The van der Waals surface area contributed by atoms with Crippen LogP contribution in [0.15, 0.2) is 75.2 Å². The summed E-state index contributed by atoms with van der Waals surface area (Å²) < 4.78 is 0. The molecular formula is C24H27N3OS. The summed E-state index contributed by atoms with van der Waals surface area (Å²) in [6.07, 6.45) is 8.20. The van der Waals surface area contributed by atoms with Crippen molar-refractivity contribution in [3.05, 3.63) is 82.2 Å². The summed E-state index contributed by atoms with van der Waals surface area (Å²) in [6.45, 7) is 6.93.